The lowest BCUT2D eigenvalue weighted by atomic mass is 10.0. The molecule has 5 nitrogen and oxygen atoms in total. The molecule has 2 aromatic carbocycles. The first-order chi connectivity index (χ1) is 15.7. The molecule has 0 radical (unpaired) electrons. The van der Waals surface area contributed by atoms with Crippen molar-refractivity contribution in [2.75, 3.05) is 6.61 Å². The summed E-state index contributed by atoms with van der Waals surface area (Å²) in [5.74, 6) is -1.05. The van der Waals surface area contributed by atoms with Gasteiger partial charge in [-0.3, -0.25) is 9.59 Å². The van der Waals surface area contributed by atoms with Crippen molar-refractivity contribution in [3.8, 4) is 16.9 Å². The van der Waals surface area contributed by atoms with E-state index in [0.717, 1.165) is 5.56 Å². The van der Waals surface area contributed by atoms with Crippen molar-refractivity contribution in [1.82, 2.24) is 5.32 Å². The average molecular weight is 478 g/mol. The van der Waals surface area contributed by atoms with E-state index in [1.54, 1.807) is 18.4 Å². The molecule has 0 spiro atoms. The Morgan fingerprint density at radius 1 is 1.03 bits per heavy atom. The van der Waals surface area contributed by atoms with Gasteiger partial charge in [0, 0.05) is 6.04 Å². The molecule has 1 aromatic heterocycles. The van der Waals surface area contributed by atoms with E-state index in [0.29, 0.717) is 22.4 Å². The first kappa shape index (κ1) is 24.3. The minimum atomic E-state index is -4.75. The van der Waals surface area contributed by atoms with Crippen LogP contribution in [0.1, 0.15) is 28.6 Å². The van der Waals surface area contributed by atoms with Crippen LogP contribution < -0.4 is 10.1 Å². The van der Waals surface area contributed by atoms with Crippen molar-refractivity contribution in [1.29, 1.82) is 0 Å². The monoisotopic (exact) mass is 477 g/mol. The molecule has 1 heterocycles. The van der Waals surface area contributed by atoms with Crippen molar-refractivity contribution in [2.45, 2.75) is 32.2 Å². The van der Waals surface area contributed by atoms with Gasteiger partial charge in [-0.1, -0.05) is 42.5 Å². The molecule has 3 aromatic rings. The van der Waals surface area contributed by atoms with Crippen molar-refractivity contribution >= 4 is 23.2 Å². The highest BCUT2D eigenvalue weighted by atomic mass is 32.1. The Balaban J connectivity index is 1.69. The van der Waals surface area contributed by atoms with E-state index in [4.69, 9.17) is 4.74 Å². The molecular formula is C24H22F3NO4S. The number of nitrogens with one attached hydrogen (secondary N) is 1. The minimum absolute atomic E-state index is 0.0351. The van der Waals surface area contributed by atoms with Gasteiger partial charge in [-0.05, 0) is 53.6 Å². The van der Waals surface area contributed by atoms with E-state index in [9.17, 15) is 22.8 Å². The molecule has 3 rings (SSSR count). The summed E-state index contributed by atoms with van der Waals surface area (Å²) in [4.78, 5) is 25.3. The number of amides is 1. The SMILES string of the molecule is CCOC(=O)CC(Cc1ccccc1)NC(=O)c1cc(-c2ccc(OC(F)(F)F)cc2)cs1. The molecule has 1 atom stereocenters. The molecule has 0 fully saturated rings. The number of hydrogen-bond donors (Lipinski definition) is 1. The van der Waals surface area contributed by atoms with E-state index >= 15 is 0 Å². The smallest absolute Gasteiger partial charge is 0.466 e. The van der Waals surface area contributed by atoms with Crippen LogP contribution in [0.15, 0.2) is 66.0 Å². The van der Waals surface area contributed by atoms with Crippen molar-refractivity contribution < 1.29 is 32.2 Å². The quantitative estimate of drug-likeness (QED) is 0.407. The molecule has 1 unspecified atom stereocenters. The number of halogens is 3. The molecular weight excluding hydrogens is 455 g/mol. The highest BCUT2D eigenvalue weighted by Gasteiger charge is 2.31. The zero-order valence-electron chi connectivity index (χ0n) is 17.7. The Labute approximate surface area is 193 Å². The summed E-state index contributed by atoms with van der Waals surface area (Å²) >= 11 is 1.20. The molecule has 1 N–H and O–H groups in total. The standard InChI is InChI=1S/C24H22F3NO4S/c1-2-31-22(29)14-19(12-16-6-4-3-5-7-16)28-23(30)21-13-18(15-33-21)17-8-10-20(11-9-17)32-24(25,26)27/h3-11,13,15,19H,2,12,14H2,1H3,(H,28,30). The zero-order chi connectivity index (χ0) is 23.8. The Hall–Kier alpha value is -3.33. The lowest BCUT2D eigenvalue weighted by Gasteiger charge is -2.18. The molecule has 0 aliphatic heterocycles. The Kier molecular flexibility index (Phi) is 8.11. The number of ether oxygens (including phenoxy) is 2. The second kappa shape index (κ2) is 11.0. The summed E-state index contributed by atoms with van der Waals surface area (Å²) in [6.07, 6.45) is -4.26. The van der Waals surface area contributed by atoms with Gasteiger partial charge in [0.15, 0.2) is 0 Å². The third-order valence-electron chi connectivity index (χ3n) is 4.62. The van der Waals surface area contributed by atoms with Crippen molar-refractivity contribution in [2.24, 2.45) is 0 Å². The predicted octanol–water partition coefficient (Wildman–Crippen LogP) is 5.61. The van der Waals surface area contributed by atoms with Gasteiger partial charge in [-0.15, -0.1) is 24.5 Å². The van der Waals surface area contributed by atoms with Gasteiger partial charge in [-0.2, -0.15) is 0 Å². The van der Waals surface area contributed by atoms with E-state index in [2.05, 4.69) is 10.1 Å². The van der Waals surface area contributed by atoms with Crippen molar-refractivity contribution in [3.05, 3.63) is 76.5 Å². The summed E-state index contributed by atoms with van der Waals surface area (Å²) in [6, 6.07) is 16.1. The summed E-state index contributed by atoms with van der Waals surface area (Å²) in [5.41, 5.74) is 2.31. The molecule has 0 saturated carbocycles. The number of alkyl halides is 3. The van der Waals surface area contributed by atoms with Gasteiger partial charge >= 0.3 is 12.3 Å². The number of hydrogen-bond acceptors (Lipinski definition) is 5. The molecule has 174 valence electrons. The largest absolute Gasteiger partial charge is 0.573 e. The third-order valence-corrected chi connectivity index (χ3v) is 5.55. The number of carbonyl (C=O) groups is 2. The van der Waals surface area contributed by atoms with Crippen LogP contribution in [0.5, 0.6) is 5.75 Å². The van der Waals surface area contributed by atoms with E-state index < -0.39 is 18.4 Å². The van der Waals surface area contributed by atoms with Gasteiger partial charge < -0.3 is 14.8 Å². The first-order valence-electron chi connectivity index (χ1n) is 10.2. The fourth-order valence-corrected chi connectivity index (χ4v) is 4.03. The summed E-state index contributed by atoms with van der Waals surface area (Å²) in [5, 5.41) is 4.64. The number of carbonyl (C=O) groups excluding carboxylic acids is 2. The van der Waals surface area contributed by atoms with Crippen molar-refractivity contribution in [3.63, 3.8) is 0 Å². The molecule has 33 heavy (non-hydrogen) atoms. The molecule has 0 aliphatic carbocycles. The van der Waals surface area contributed by atoms with E-state index in [-0.39, 0.29) is 24.7 Å². The highest BCUT2D eigenvalue weighted by molar-refractivity contribution is 7.12. The Bertz CT molecular complexity index is 1070. The number of rotatable bonds is 9. The topological polar surface area (TPSA) is 64.6 Å². The molecule has 0 aliphatic rings. The summed E-state index contributed by atoms with van der Waals surface area (Å²) in [6.45, 7) is 1.98. The summed E-state index contributed by atoms with van der Waals surface area (Å²) in [7, 11) is 0. The average Bonchev–Trinajstić information content (AvgIpc) is 3.24. The predicted molar refractivity (Wildman–Crippen MR) is 119 cm³/mol. The maximum absolute atomic E-state index is 12.8. The zero-order valence-corrected chi connectivity index (χ0v) is 18.5. The normalized spacial score (nSPS) is 12.1. The van der Waals surface area contributed by atoms with Gasteiger partial charge in [0.2, 0.25) is 0 Å². The van der Waals surface area contributed by atoms with Gasteiger partial charge in [0.25, 0.3) is 5.91 Å². The van der Waals surface area contributed by atoms with Gasteiger partial charge in [0.05, 0.1) is 17.9 Å². The first-order valence-corrected chi connectivity index (χ1v) is 11.1. The lowest BCUT2D eigenvalue weighted by molar-refractivity contribution is -0.274. The van der Waals surface area contributed by atoms with Gasteiger partial charge in [0.1, 0.15) is 5.75 Å². The maximum Gasteiger partial charge on any atom is 0.573 e. The van der Waals surface area contributed by atoms with E-state index in [1.165, 1.54) is 35.6 Å². The number of benzene rings is 2. The van der Waals surface area contributed by atoms with Crippen LogP contribution in [0.2, 0.25) is 0 Å². The van der Waals surface area contributed by atoms with Crippen LogP contribution in [-0.4, -0.2) is 30.9 Å². The summed E-state index contributed by atoms with van der Waals surface area (Å²) < 4.78 is 45.9. The second-order valence-electron chi connectivity index (χ2n) is 7.14. The van der Waals surface area contributed by atoms with Crippen LogP contribution in [0, 0.1) is 0 Å². The minimum Gasteiger partial charge on any atom is -0.466 e. The number of thiophene rings is 1. The highest BCUT2D eigenvalue weighted by Crippen LogP contribution is 2.29. The van der Waals surface area contributed by atoms with Crippen LogP contribution in [0.25, 0.3) is 11.1 Å². The lowest BCUT2D eigenvalue weighted by Crippen LogP contribution is -2.38. The molecule has 0 saturated heterocycles. The van der Waals surface area contributed by atoms with E-state index in [1.807, 2.05) is 30.3 Å². The fourth-order valence-electron chi connectivity index (χ4n) is 3.21. The van der Waals surface area contributed by atoms with Crippen LogP contribution >= 0.6 is 11.3 Å². The Morgan fingerprint density at radius 3 is 2.36 bits per heavy atom. The molecule has 0 bridgehead atoms. The number of esters is 1. The maximum atomic E-state index is 12.8. The Morgan fingerprint density at radius 2 is 1.73 bits per heavy atom. The van der Waals surface area contributed by atoms with Crippen LogP contribution in [0.4, 0.5) is 13.2 Å². The molecule has 9 heteroatoms. The fraction of sp³-hybridized carbons (Fsp3) is 0.250. The second-order valence-corrected chi connectivity index (χ2v) is 8.05. The van der Waals surface area contributed by atoms with Crippen LogP contribution in [0.3, 0.4) is 0 Å². The van der Waals surface area contributed by atoms with Gasteiger partial charge in [-0.25, -0.2) is 0 Å². The van der Waals surface area contributed by atoms with Crippen LogP contribution in [-0.2, 0) is 16.0 Å². The molecule has 1 amide bonds. The third kappa shape index (κ3) is 7.64.